The molecule has 0 amide bonds. The van der Waals surface area contributed by atoms with Crippen LogP contribution in [0.1, 0.15) is 0 Å². The number of hydrogen-bond donors (Lipinski definition) is 1. The van der Waals surface area contributed by atoms with E-state index in [1.165, 1.54) is 6.34 Å². The summed E-state index contributed by atoms with van der Waals surface area (Å²) in [6.45, 7) is 3.33. The lowest BCUT2D eigenvalue weighted by Gasteiger charge is -2.25. The number of nitrogens with zero attached hydrogens (tertiary/aromatic N) is 3. The van der Waals surface area contributed by atoms with Crippen molar-refractivity contribution in [3.8, 4) is 0 Å². The third-order valence-corrected chi connectivity index (χ3v) is 4.32. The molecule has 2 rings (SSSR count). The van der Waals surface area contributed by atoms with Gasteiger partial charge in [-0.3, -0.25) is 0 Å². The Balaban J connectivity index is 1.97. The number of fused-ring (bicyclic) bond motifs is 1. The number of hydrogen-bond acceptors (Lipinski definition) is 5. The fourth-order valence-electron chi connectivity index (χ4n) is 1.96. The van der Waals surface area contributed by atoms with Gasteiger partial charge >= 0.3 is 0 Å². The summed E-state index contributed by atoms with van der Waals surface area (Å²) in [5.74, 6) is 0. The molecular formula is C13H20N4O2S. The highest BCUT2D eigenvalue weighted by Gasteiger charge is 2.24. The summed E-state index contributed by atoms with van der Waals surface area (Å²) in [7, 11) is 0.535. The van der Waals surface area contributed by atoms with Crippen LogP contribution < -0.4 is 10.2 Å². The van der Waals surface area contributed by atoms with E-state index in [0.29, 0.717) is 12.2 Å². The lowest BCUT2D eigenvalue weighted by atomic mass is 10.3. The fourth-order valence-corrected chi connectivity index (χ4v) is 3.01. The Kier molecular flexibility index (Phi) is 4.74. The maximum Gasteiger partial charge on any atom is 0.285 e. The van der Waals surface area contributed by atoms with E-state index in [1.807, 2.05) is 25.1 Å². The van der Waals surface area contributed by atoms with Gasteiger partial charge in [-0.2, -0.15) is 8.42 Å². The van der Waals surface area contributed by atoms with E-state index >= 15 is 0 Å². The highest BCUT2D eigenvalue weighted by Crippen LogP contribution is 2.28. The normalized spacial score (nSPS) is 16.4. The van der Waals surface area contributed by atoms with E-state index in [4.69, 9.17) is 0 Å². The molecule has 1 N–H and O–H groups in total. The molecule has 7 heteroatoms. The number of rotatable bonds is 6. The number of para-hydroxylation sites is 1. The van der Waals surface area contributed by atoms with Gasteiger partial charge in [0.05, 0.1) is 5.69 Å². The zero-order valence-electron chi connectivity index (χ0n) is 11.8. The first-order valence-corrected chi connectivity index (χ1v) is 7.96. The summed E-state index contributed by atoms with van der Waals surface area (Å²) in [5.41, 5.74) is 0.692. The molecule has 0 fully saturated rings. The Hall–Kier alpha value is -1.44. The van der Waals surface area contributed by atoms with Crippen LogP contribution in [0.15, 0.2) is 33.6 Å². The van der Waals surface area contributed by atoms with Gasteiger partial charge < -0.3 is 15.1 Å². The van der Waals surface area contributed by atoms with Crippen LogP contribution in [0, 0.1) is 0 Å². The third-order valence-electron chi connectivity index (χ3n) is 3.04. The van der Waals surface area contributed by atoms with Gasteiger partial charge in [-0.25, -0.2) is 0 Å². The van der Waals surface area contributed by atoms with Crippen LogP contribution in [0.5, 0.6) is 0 Å². The number of nitrogens with one attached hydrogen (secondary N) is 1. The number of likely N-dealkylation sites (N-methyl/N-ethyl adjacent to an activating group) is 1. The van der Waals surface area contributed by atoms with Crippen LogP contribution in [-0.2, 0) is 10.0 Å². The van der Waals surface area contributed by atoms with Gasteiger partial charge in [-0.05, 0) is 26.2 Å². The van der Waals surface area contributed by atoms with Crippen LogP contribution in [0.3, 0.4) is 0 Å². The van der Waals surface area contributed by atoms with Crippen LogP contribution in [0.2, 0.25) is 0 Å². The van der Waals surface area contributed by atoms with Gasteiger partial charge in [0.1, 0.15) is 11.2 Å². The molecule has 20 heavy (non-hydrogen) atoms. The van der Waals surface area contributed by atoms with E-state index in [2.05, 4.69) is 14.6 Å². The second-order valence-corrected chi connectivity index (χ2v) is 6.51. The van der Waals surface area contributed by atoms with Crippen molar-refractivity contribution in [2.24, 2.45) is 4.40 Å². The van der Waals surface area contributed by atoms with Crippen molar-refractivity contribution in [2.75, 3.05) is 45.2 Å². The summed E-state index contributed by atoms with van der Waals surface area (Å²) < 4.78 is 27.3. The Labute approximate surface area is 120 Å². The van der Waals surface area contributed by atoms with Gasteiger partial charge in [0, 0.05) is 26.2 Å². The molecule has 0 bridgehead atoms. The molecule has 0 saturated heterocycles. The van der Waals surface area contributed by atoms with Crippen molar-refractivity contribution in [3.05, 3.63) is 24.3 Å². The molecular weight excluding hydrogens is 276 g/mol. The highest BCUT2D eigenvalue weighted by atomic mass is 32.2. The molecule has 1 aliphatic rings. The van der Waals surface area contributed by atoms with E-state index in [9.17, 15) is 8.42 Å². The quantitative estimate of drug-likeness (QED) is 0.769. The second-order valence-electron chi connectivity index (χ2n) is 4.91. The van der Waals surface area contributed by atoms with Crippen molar-refractivity contribution >= 4 is 22.0 Å². The Morgan fingerprint density at radius 1 is 1.25 bits per heavy atom. The van der Waals surface area contributed by atoms with Crippen LogP contribution in [0.25, 0.3) is 0 Å². The highest BCUT2D eigenvalue weighted by molar-refractivity contribution is 7.90. The van der Waals surface area contributed by atoms with Gasteiger partial charge in [0.15, 0.2) is 0 Å². The number of benzene rings is 1. The van der Waals surface area contributed by atoms with Crippen molar-refractivity contribution in [3.63, 3.8) is 0 Å². The minimum atomic E-state index is -3.52. The largest absolute Gasteiger partial charge is 0.329 e. The maximum absolute atomic E-state index is 11.8. The molecule has 1 aromatic rings. The predicted octanol–water partition coefficient (Wildman–Crippen LogP) is 0.375. The minimum absolute atomic E-state index is 0.274. The average Bonchev–Trinajstić information content (AvgIpc) is 2.41. The van der Waals surface area contributed by atoms with E-state index in [-0.39, 0.29) is 4.90 Å². The molecule has 1 aromatic carbocycles. The van der Waals surface area contributed by atoms with Crippen LogP contribution in [-0.4, -0.2) is 59.9 Å². The fraction of sp³-hybridized carbons (Fsp3) is 0.462. The Morgan fingerprint density at radius 2 is 2.00 bits per heavy atom. The lowest BCUT2D eigenvalue weighted by Crippen LogP contribution is -2.36. The summed E-state index contributed by atoms with van der Waals surface area (Å²) in [6, 6.07) is 6.94. The van der Waals surface area contributed by atoms with Gasteiger partial charge in [-0.1, -0.05) is 12.1 Å². The molecule has 1 aliphatic heterocycles. The second kappa shape index (κ2) is 6.34. The Bertz CT molecular complexity index is 584. The van der Waals surface area contributed by atoms with Crippen molar-refractivity contribution in [2.45, 2.75) is 4.90 Å². The summed E-state index contributed by atoms with van der Waals surface area (Å²) in [4.78, 5) is 4.24. The summed E-state index contributed by atoms with van der Waals surface area (Å²) >= 11 is 0. The van der Waals surface area contributed by atoms with E-state index in [1.54, 1.807) is 18.2 Å². The van der Waals surface area contributed by atoms with Gasteiger partial charge in [0.2, 0.25) is 0 Å². The van der Waals surface area contributed by atoms with E-state index in [0.717, 1.165) is 19.6 Å². The predicted molar refractivity (Wildman–Crippen MR) is 80.9 cm³/mol. The first kappa shape index (κ1) is 15.0. The van der Waals surface area contributed by atoms with Gasteiger partial charge in [-0.15, -0.1) is 4.40 Å². The van der Waals surface area contributed by atoms with Gasteiger partial charge in [0.25, 0.3) is 10.0 Å². The number of anilines is 1. The molecule has 0 unspecified atom stereocenters. The SMILES string of the molecule is CN(C)CCNCCN1C=NS(=O)(=O)c2ccccc21. The zero-order valence-corrected chi connectivity index (χ0v) is 12.6. The molecule has 6 nitrogen and oxygen atoms in total. The molecule has 0 aliphatic carbocycles. The molecule has 1 heterocycles. The zero-order chi connectivity index (χ0) is 14.6. The van der Waals surface area contributed by atoms with Crippen LogP contribution in [0.4, 0.5) is 5.69 Å². The third kappa shape index (κ3) is 3.56. The first-order chi connectivity index (χ1) is 9.50. The standard InChI is InChI=1S/C13H20N4O2S/c1-16(2)9-7-14-8-10-17-11-15-20(18,19)13-6-4-3-5-12(13)17/h3-6,11,14H,7-10H2,1-2H3. The monoisotopic (exact) mass is 296 g/mol. The van der Waals surface area contributed by atoms with Crippen molar-refractivity contribution in [1.29, 1.82) is 0 Å². The van der Waals surface area contributed by atoms with E-state index < -0.39 is 10.0 Å². The first-order valence-electron chi connectivity index (χ1n) is 6.52. The molecule has 0 radical (unpaired) electrons. The topological polar surface area (TPSA) is 65.0 Å². The van der Waals surface area contributed by atoms with Crippen LogP contribution >= 0.6 is 0 Å². The number of sulfonamides is 1. The minimum Gasteiger partial charge on any atom is -0.329 e. The Morgan fingerprint density at radius 3 is 2.75 bits per heavy atom. The smallest absolute Gasteiger partial charge is 0.285 e. The average molecular weight is 296 g/mol. The molecule has 0 atom stereocenters. The summed E-state index contributed by atoms with van der Waals surface area (Å²) in [6.07, 6.45) is 1.39. The van der Waals surface area contributed by atoms with Crippen molar-refractivity contribution in [1.82, 2.24) is 10.2 Å². The maximum atomic E-state index is 11.8. The molecule has 0 saturated carbocycles. The lowest BCUT2D eigenvalue weighted by molar-refractivity contribution is 0.401. The molecule has 0 spiro atoms. The summed E-state index contributed by atoms with van der Waals surface area (Å²) in [5, 5.41) is 3.32. The molecule has 110 valence electrons. The molecule has 0 aromatic heterocycles. The van der Waals surface area contributed by atoms with Crippen molar-refractivity contribution < 1.29 is 8.42 Å².